The molecule has 0 saturated carbocycles. The molecule has 0 bridgehead atoms. The third kappa shape index (κ3) is 2.81. The lowest BCUT2D eigenvalue weighted by Gasteiger charge is -2.12. The van der Waals surface area contributed by atoms with Crippen molar-refractivity contribution in [3.63, 3.8) is 0 Å². The highest BCUT2D eigenvalue weighted by atomic mass is 127. The van der Waals surface area contributed by atoms with Crippen molar-refractivity contribution in [3.8, 4) is 5.75 Å². The molecule has 0 saturated heterocycles. The largest absolute Gasteiger partial charge is 0.490 e. The molecule has 6 heteroatoms. The Hall–Kier alpha value is -1.57. The predicted molar refractivity (Wildman–Crippen MR) is 80.6 cm³/mol. The fourth-order valence-electron chi connectivity index (χ4n) is 1.54. The maximum absolute atomic E-state index is 5.32. The van der Waals surface area contributed by atoms with Gasteiger partial charge < -0.3 is 15.4 Å². The number of nitrogens with zero attached hydrogens (tertiary/aromatic N) is 2. The van der Waals surface area contributed by atoms with E-state index in [9.17, 15) is 0 Å². The van der Waals surface area contributed by atoms with Crippen molar-refractivity contribution < 1.29 is 4.74 Å². The van der Waals surface area contributed by atoms with Gasteiger partial charge in [0.25, 0.3) is 0 Å². The van der Waals surface area contributed by atoms with E-state index in [2.05, 4.69) is 43.2 Å². The molecule has 0 amide bonds. The van der Waals surface area contributed by atoms with Gasteiger partial charge in [0.05, 0.1) is 7.11 Å². The molecule has 1 aromatic heterocycles. The summed E-state index contributed by atoms with van der Waals surface area (Å²) in [6.07, 6.45) is 1.49. The van der Waals surface area contributed by atoms with Gasteiger partial charge in [-0.3, -0.25) is 0 Å². The highest BCUT2D eigenvalue weighted by Gasteiger charge is 2.10. The van der Waals surface area contributed by atoms with Crippen LogP contribution in [0.4, 0.5) is 17.3 Å². The summed E-state index contributed by atoms with van der Waals surface area (Å²) >= 11 is 2.26. The second kappa shape index (κ2) is 5.85. The summed E-state index contributed by atoms with van der Waals surface area (Å²) < 4.78 is 6.47. The van der Waals surface area contributed by atoms with Gasteiger partial charge in [0.1, 0.15) is 6.33 Å². The van der Waals surface area contributed by atoms with Crippen LogP contribution in [0.15, 0.2) is 30.6 Å². The summed E-state index contributed by atoms with van der Waals surface area (Å²) in [6.45, 7) is 0. The second-order valence-corrected chi connectivity index (χ2v) is 4.74. The number of methoxy groups -OCH3 is 1. The van der Waals surface area contributed by atoms with Crippen molar-refractivity contribution in [2.45, 2.75) is 0 Å². The zero-order valence-electron chi connectivity index (χ0n) is 10.1. The molecule has 0 radical (unpaired) electrons. The highest BCUT2D eigenvalue weighted by molar-refractivity contribution is 14.1. The Labute approximate surface area is 119 Å². The molecule has 0 spiro atoms. The summed E-state index contributed by atoms with van der Waals surface area (Å²) in [6, 6.07) is 8.02. The van der Waals surface area contributed by atoms with Crippen molar-refractivity contribution in [2.75, 3.05) is 24.8 Å². The number of ether oxygens (including phenoxy) is 1. The quantitative estimate of drug-likeness (QED) is 0.825. The van der Waals surface area contributed by atoms with Crippen molar-refractivity contribution in [1.29, 1.82) is 0 Å². The van der Waals surface area contributed by atoms with E-state index in [0.29, 0.717) is 17.4 Å². The van der Waals surface area contributed by atoms with E-state index in [1.807, 2.05) is 24.3 Å². The standard InChI is InChI=1S/C12H13IN4O/c1-14-11-10(18-2)12(16-7-15-11)17-9-5-3-4-8(13)6-9/h3-7H,1-2H3,(H2,14,15,16,17). The van der Waals surface area contributed by atoms with Crippen LogP contribution < -0.4 is 15.4 Å². The van der Waals surface area contributed by atoms with Crippen LogP contribution in [-0.4, -0.2) is 24.1 Å². The van der Waals surface area contributed by atoms with E-state index in [0.717, 1.165) is 9.26 Å². The molecule has 0 aliphatic heterocycles. The minimum atomic E-state index is 0.596. The molecule has 0 unspecified atom stereocenters. The number of halogens is 1. The van der Waals surface area contributed by atoms with Gasteiger partial charge in [0.2, 0.25) is 5.75 Å². The zero-order chi connectivity index (χ0) is 13.0. The van der Waals surface area contributed by atoms with Crippen LogP contribution in [0.2, 0.25) is 0 Å². The van der Waals surface area contributed by atoms with Gasteiger partial charge in [-0.25, -0.2) is 9.97 Å². The highest BCUT2D eigenvalue weighted by Crippen LogP contribution is 2.30. The van der Waals surface area contributed by atoms with E-state index in [1.54, 1.807) is 14.2 Å². The van der Waals surface area contributed by atoms with Crippen molar-refractivity contribution in [2.24, 2.45) is 0 Å². The Morgan fingerprint density at radius 3 is 2.67 bits per heavy atom. The lowest BCUT2D eigenvalue weighted by molar-refractivity contribution is 0.415. The lowest BCUT2D eigenvalue weighted by Crippen LogP contribution is -2.03. The summed E-state index contributed by atoms with van der Waals surface area (Å²) in [5.41, 5.74) is 0.959. The van der Waals surface area contributed by atoms with Crippen molar-refractivity contribution in [3.05, 3.63) is 34.2 Å². The number of rotatable bonds is 4. The number of anilines is 3. The molecule has 18 heavy (non-hydrogen) atoms. The average molecular weight is 356 g/mol. The average Bonchev–Trinajstić information content (AvgIpc) is 2.38. The van der Waals surface area contributed by atoms with Gasteiger partial charge in [-0.15, -0.1) is 0 Å². The Kier molecular flexibility index (Phi) is 4.19. The first kappa shape index (κ1) is 12.9. The van der Waals surface area contributed by atoms with E-state index in [-0.39, 0.29) is 0 Å². The lowest BCUT2D eigenvalue weighted by atomic mass is 10.3. The molecule has 1 aromatic carbocycles. The van der Waals surface area contributed by atoms with Gasteiger partial charge in [-0.2, -0.15) is 0 Å². The molecule has 0 fully saturated rings. The number of nitrogens with one attached hydrogen (secondary N) is 2. The molecule has 2 rings (SSSR count). The number of benzene rings is 1. The topological polar surface area (TPSA) is 59.1 Å². The predicted octanol–water partition coefficient (Wildman–Crippen LogP) is 2.88. The number of hydrogen-bond donors (Lipinski definition) is 2. The second-order valence-electron chi connectivity index (χ2n) is 3.49. The van der Waals surface area contributed by atoms with Crippen molar-refractivity contribution >= 4 is 39.9 Å². The minimum absolute atomic E-state index is 0.596. The van der Waals surface area contributed by atoms with Gasteiger partial charge in [0, 0.05) is 16.3 Å². The zero-order valence-corrected chi connectivity index (χ0v) is 12.2. The molecule has 94 valence electrons. The Bertz CT molecular complexity index is 547. The number of aromatic nitrogens is 2. The fourth-order valence-corrected chi connectivity index (χ4v) is 2.08. The van der Waals surface area contributed by atoms with E-state index in [4.69, 9.17) is 4.74 Å². The molecule has 1 heterocycles. The maximum atomic E-state index is 5.32. The van der Waals surface area contributed by atoms with Crippen LogP contribution >= 0.6 is 22.6 Å². The molecule has 0 aliphatic carbocycles. The minimum Gasteiger partial charge on any atom is -0.490 e. The summed E-state index contributed by atoms with van der Waals surface area (Å²) in [7, 11) is 3.39. The first-order valence-corrected chi connectivity index (χ1v) is 6.42. The van der Waals surface area contributed by atoms with E-state index >= 15 is 0 Å². The first-order chi connectivity index (χ1) is 8.74. The van der Waals surface area contributed by atoms with Crippen LogP contribution in [0.1, 0.15) is 0 Å². The molecule has 0 aliphatic rings. The SMILES string of the molecule is CNc1ncnc(Nc2cccc(I)c2)c1OC. The third-order valence-corrected chi connectivity index (χ3v) is 3.00. The Balaban J connectivity index is 2.34. The third-order valence-electron chi connectivity index (χ3n) is 2.33. The molecule has 0 atom stereocenters. The van der Waals surface area contributed by atoms with Crippen molar-refractivity contribution in [1.82, 2.24) is 9.97 Å². The fraction of sp³-hybridized carbons (Fsp3) is 0.167. The van der Waals surface area contributed by atoms with Gasteiger partial charge in [-0.05, 0) is 40.8 Å². The van der Waals surface area contributed by atoms with Crippen LogP contribution in [0.3, 0.4) is 0 Å². The monoisotopic (exact) mass is 356 g/mol. The van der Waals surface area contributed by atoms with Gasteiger partial charge in [-0.1, -0.05) is 6.07 Å². The van der Waals surface area contributed by atoms with Crippen LogP contribution in [0.25, 0.3) is 0 Å². The summed E-state index contributed by atoms with van der Waals surface area (Å²) in [5.74, 6) is 1.89. The smallest absolute Gasteiger partial charge is 0.204 e. The molecule has 2 N–H and O–H groups in total. The first-order valence-electron chi connectivity index (χ1n) is 5.34. The maximum Gasteiger partial charge on any atom is 0.204 e. The van der Waals surface area contributed by atoms with E-state index in [1.165, 1.54) is 6.33 Å². The normalized spacial score (nSPS) is 9.94. The molecular weight excluding hydrogens is 343 g/mol. The molecule has 5 nitrogen and oxygen atoms in total. The Morgan fingerprint density at radius 2 is 2.00 bits per heavy atom. The molecular formula is C12H13IN4O. The van der Waals surface area contributed by atoms with Gasteiger partial charge >= 0.3 is 0 Å². The van der Waals surface area contributed by atoms with Crippen LogP contribution in [-0.2, 0) is 0 Å². The van der Waals surface area contributed by atoms with Gasteiger partial charge in [0.15, 0.2) is 11.6 Å². The molecule has 2 aromatic rings. The van der Waals surface area contributed by atoms with Crippen LogP contribution in [0.5, 0.6) is 5.75 Å². The summed E-state index contributed by atoms with van der Waals surface area (Å²) in [4.78, 5) is 8.29. The summed E-state index contributed by atoms with van der Waals surface area (Å²) in [5, 5.41) is 6.18. The Morgan fingerprint density at radius 1 is 1.22 bits per heavy atom. The van der Waals surface area contributed by atoms with E-state index < -0.39 is 0 Å². The van der Waals surface area contributed by atoms with Crippen LogP contribution in [0, 0.1) is 3.57 Å². The number of hydrogen-bond acceptors (Lipinski definition) is 5.